The van der Waals surface area contributed by atoms with Crippen LogP contribution in [-0.2, 0) is 9.53 Å². The van der Waals surface area contributed by atoms with Crippen molar-refractivity contribution in [3.05, 3.63) is 29.8 Å². The first-order valence-corrected chi connectivity index (χ1v) is 5.71. The van der Waals surface area contributed by atoms with Crippen molar-refractivity contribution in [3.8, 4) is 5.75 Å². The number of likely N-dealkylation sites (N-methyl/N-ethyl adjacent to an activating group) is 1. The summed E-state index contributed by atoms with van der Waals surface area (Å²) in [5.74, 6) is -0.0470. The summed E-state index contributed by atoms with van der Waals surface area (Å²) in [5.41, 5.74) is 0.440. The number of hydrogen-bond acceptors (Lipinski definition) is 4. The molecule has 0 aliphatic rings. The molecule has 1 atom stereocenters. The van der Waals surface area contributed by atoms with Crippen molar-refractivity contribution < 1.29 is 19.1 Å². The summed E-state index contributed by atoms with van der Waals surface area (Å²) in [5, 5.41) is 2.67. The van der Waals surface area contributed by atoms with E-state index >= 15 is 0 Å². The Morgan fingerprint density at radius 1 is 1.28 bits per heavy atom. The van der Waals surface area contributed by atoms with Gasteiger partial charge >= 0.3 is 5.97 Å². The first kappa shape index (κ1) is 14.0. The number of benzene rings is 1. The summed E-state index contributed by atoms with van der Waals surface area (Å²) >= 11 is 0. The van der Waals surface area contributed by atoms with E-state index in [1.165, 1.54) is 7.11 Å². The molecule has 0 aliphatic carbocycles. The van der Waals surface area contributed by atoms with Gasteiger partial charge in [0.2, 0.25) is 0 Å². The minimum Gasteiger partial charge on any atom is -0.481 e. The molecule has 0 aliphatic heterocycles. The van der Waals surface area contributed by atoms with Gasteiger partial charge in [-0.3, -0.25) is 4.79 Å². The van der Waals surface area contributed by atoms with E-state index in [0.29, 0.717) is 17.9 Å². The number of amides is 1. The molecule has 98 valence electrons. The molecule has 5 nitrogen and oxygen atoms in total. The average molecular weight is 251 g/mol. The minimum atomic E-state index is -0.575. The lowest BCUT2D eigenvalue weighted by Crippen LogP contribution is -2.36. The van der Waals surface area contributed by atoms with Gasteiger partial charge in [-0.15, -0.1) is 0 Å². The maximum atomic E-state index is 11.5. The van der Waals surface area contributed by atoms with E-state index in [1.807, 2.05) is 6.92 Å². The van der Waals surface area contributed by atoms with E-state index in [-0.39, 0.29) is 5.91 Å². The van der Waals surface area contributed by atoms with Gasteiger partial charge in [-0.05, 0) is 38.1 Å². The Labute approximate surface area is 106 Å². The Hall–Kier alpha value is -2.04. The highest BCUT2D eigenvalue weighted by atomic mass is 16.5. The van der Waals surface area contributed by atoms with Gasteiger partial charge in [-0.2, -0.15) is 0 Å². The highest BCUT2D eigenvalue weighted by Crippen LogP contribution is 2.14. The maximum absolute atomic E-state index is 11.5. The van der Waals surface area contributed by atoms with Crippen LogP contribution in [0.5, 0.6) is 5.75 Å². The Morgan fingerprint density at radius 2 is 1.89 bits per heavy atom. The van der Waals surface area contributed by atoms with E-state index in [0.717, 1.165) is 0 Å². The zero-order valence-electron chi connectivity index (χ0n) is 10.7. The molecule has 1 rings (SSSR count). The van der Waals surface area contributed by atoms with Crippen LogP contribution in [0.4, 0.5) is 0 Å². The Balaban J connectivity index is 2.63. The number of rotatable bonds is 5. The van der Waals surface area contributed by atoms with E-state index in [2.05, 4.69) is 10.1 Å². The zero-order chi connectivity index (χ0) is 13.5. The number of methoxy groups -OCH3 is 1. The number of hydrogen-bond donors (Lipinski definition) is 1. The first-order chi connectivity index (χ1) is 8.58. The molecule has 1 N–H and O–H groups in total. The molecule has 0 spiro atoms. The second-order valence-electron chi connectivity index (χ2n) is 3.67. The third kappa shape index (κ3) is 3.76. The molecule has 0 aromatic heterocycles. The van der Waals surface area contributed by atoms with Gasteiger partial charge in [-0.25, -0.2) is 4.79 Å². The van der Waals surface area contributed by atoms with Crippen molar-refractivity contribution in [1.82, 2.24) is 5.32 Å². The number of esters is 1. The molecule has 18 heavy (non-hydrogen) atoms. The summed E-state index contributed by atoms with van der Waals surface area (Å²) in [7, 11) is 1.32. The third-order valence-electron chi connectivity index (χ3n) is 2.31. The quantitative estimate of drug-likeness (QED) is 0.803. The highest BCUT2D eigenvalue weighted by Gasteiger charge is 2.13. The molecule has 0 saturated heterocycles. The Morgan fingerprint density at radius 3 is 2.39 bits per heavy atom. The number of ether oxygens (including phenoxy) is 2. The lowest BCUT2D eigenvalue weighted by atomic mass is 10.2. The molecular weight excluding hydrogens is 234 g/mol. The van der Waals surface area contributed by atoms with Crippen molar-refractivity contribution in [2.75, 3.05) is 13.7 Å². The SMILES string of the molecule is CCNC(=O)C(C)Oc1ccc(C(=O)OC)cc1. The molecule has 0 heterocycles. The van der Waals surface area contributed by atoms with E-state index in [9.17, 15) is 9.59 Å². The van der Waals surface area contributed by atoms with Gasteiger partial charge in [0.15, 0.2) is 6.10 Å². The molecular formula is C13H17NO4. The molecule has 0 bridgehead atoms. The van der Waals surface area contributed by atoms with Crippen LogP contribution in [0.2, 0.25) is 0 Å². The molecule has 0 saturated carbocycles. The summed E-state index contributed by atoms with van der Waals surface area (Å²) in [4.78, 5) is 22.7. The smallest absolute Gasteiger partial charge is 0.337 e. The first-order valence-electron chi connectivity index (χ1n) is 5.71. The normalized spacial score (nSPS) is 11.5. The van der Waals surface area contributed by atoms with E-state index in [4.69, 9.17) is 4.74 Å². The number of carbonyl (C=O) groups is 2. The predicted octanol–water partition coefficient (Wildman–Crippen LogP) is 1.38. The maximum Gasteiger partial charge on any atom is 0.337 e. The van der Waals surface area contributed by atoms with E-state index < -0.39 is 12.1 Å². The molecule has 0 fully saturated rings. The lowest BCUT2D eigenvalue weighted by Gasteiger charge is -2.14. The summed E-state index contributed by atoms with van der Waals surface area (Å²) in [6.45, 7) is 4.07. The van der Waals surface area contributed by atoms with Gasteiger partial charge in [0.1, 0.15) is 5.75 Å². The molecule has 1 aromatic rings. The van der Waals surface area contributed by atoms with Crippen LogP contribution in [0.25, 0.3) is 0 Å². The standard InChI is InChI=1S/C13H17NO4/c1-4-14-12(15)9(2)18-11-7-5-10(6-8-11)13(16)17-3/h5-9H,4H2,1-3H3,(H,14,15). The highest BCUT2D eigenvalue weighted by molar-refractivity contribution is 5.89. The number of nitrogens with one attached hydrogen (secondary N) is 1. The van der Waals surface area contributed by atoms with Crippen molar-refractivity contribution >= 4 is 11.9 Å². The van der Waals surface area contributed by atoms with Crippen molar-refractivity contribution in [2.45, 2.75) is 20.0 Å². The van der Waals surface area contributed by atoms with E-state index in [1.54, 1.807) is 31.2 Å². The molecule has 1 unspecified atom stereocenters. The predicted molar refractivity (Wildman–Crippen MR) is 66.6 cm³/mol. The lowest BCUT2D eigenvalue weighted by molar-refractivity contribution is -0.127. The van der Waals surface area contributed by atoms with Gasteiger partial charge in [0, 0.05) is 6.54 Å². The Bertz CT molecular complexity index is 414. The van der Waals surface area contributed by atoms with Crippen LogP contribution in [-0.4, -0.2) is 31.6 Å². The third-order valence-corrected chi connectivity index (χ3v) is 2.31. The van der Waals surface area contributed by atoms with Crippen LogP contribution < -0.4 is 10.1 Å². The van der Waals surface area contributed by atoms with Crippen molar-refractivity contribution in [1.29, 1.82) is 0 Å². The summed E-state index contributed by atoms with van der Waals surface area (Å²) < 4.78 is 10.0. The summed E-state index contributed by atoms with van der Waals surface area (Å²) in [6, 6.07) is 6.43. The molecule has 1 aromatic carbocycles. The fourth-order valence-electron chi connectivity index (χ4n) is 1.36. The molecule has 5 heteroatoms. The van der Waals surface area contributed by atoms with Gasteiger partial charge in [-0.1, -0.05) is 0 Å². The van der Waals surface area contributed by atoms with Crippen LogP contribution in [0.3, 0.4) is 0 Å². The fourth-order valence-corrected chi connectivity index (χ4v) is 1.36. The minimum absolute atomic E-state index is 0.172. The van der Waals surface area contributed by atoms with Crippen LogP contribution in [0.1, 0.15) is 24.2 Å². The van der Waals surface area contributed by atoms with Gasteiger partial charge in [0.05, 0.1) is 12.7 Å². The zero-order valence-corrected chi connectivity index (χ0v) is 10.7. The summed E-state index contributed by atoms with van der Waals surface area (Å²) in [6.07, 6.45) is -0.575. The largest absolute Gasteiger partial charge is 0.481 e. The fraction of sp³-hybridized carbons (Fsp3) is 0.385. The van der Waals surface area contributed by atoms with Crippen molar-refractivity contribution in [2.24, 2.45) is 0 Å². The van der Waals surface area contributed by atoms with Crippen LogP contribution in [0, 0.1) is 0 Å². The van der Waals surface area contributed by atoms with Crippen molar-refractivity contribution in [3.63, 3.8) is 0 Å². The second-order valence-corrected chi connectivity index (χ2v) is 3.67. The molecule has 1 amide bonds. The van der Waals surface area contributed by atoms with Crippen LogP contribution in [0.15, 0.2) is 24.3 Å². The second kappa shape index (κ2) is 6.64. The van der Waals surface area contributed by atoms with Gasteiger partial charge < -0.3 is 14.8 Å². The Kier molecular flexibility index (Phi) is 5.17. The topological polar surface area (TPSA) is 64.6 Å². The molecule has 0 radical (unpaired) electrons. The number of carbonyl (C=O) groups excluding carboxylic acids is 2. The monoisotopic (exact) mass is 251 g/mol. The van der Waals surface area contributed by atoms with Gasteiger partial charge in [0.25, 0.3) is 5.91 Å². The van der Waals surface area contributed by atoms with Crippen LogP contribution >= 0.6 is 0 Å². The average Bonchev–Trinajstić information content (AvgIpc) is 2.39.